The van der Waals surface area contributed by atoms with E-state index in [-0.39, 0.29) is 5.91 Å². The molecule has 0 saturated heterocycles. The van der Waals surface area contributed by atoms with Crippen LogP contribution in [0.15, 0.2) is 29.7 Å². The largest absolute Gasteiger partial charge is 0.313 e. The lowest BCUT2D eigenvalue weighted by molar-refractivity contribution is -0.111. The van der Waals surface area contributed by atoms with Crippen molar-refractivity contribution in [3.8, 4) is 6.07 Å². The molecule has 0 aliphatic heterocycles. The van der Waals surface area contributed by atoms with E-state index in [9.17, 15) is 4.79 Å². The van der Waals surface area contributed by atoms with Gasteiger partial charge < -0.3 is 5.32 Å². The van der Waals surface area contributed by atoms with Gasteiger partial charge in [-0.2, -0.15) is 5.26 Å². The molecule has 0 fully saturated rings. The third-order valence-electron chi connectivity index (χ3n) is 3.32. The van der Waals surface area contributed by atoms with E-state index in [0.29, 0.717) is 10.6 Å². The molecule has 1 aromatic carbocycles. The summed E-state index contributed by atoms with van der Waals surface area (Å²) in [5, 5.41) is 14.0. The van der Waals surface area contributed by atoms with Crippen LogP contribution in [0, 0.1) is 32.1 Å². The third kappa shape index (κ3) is 3.59. The van der Waals surface area contributed by atoms with Gasteiger partial charge in [0, 0.05) is 6.08 Å². The van der Waals surface area contributed by atoms with Gasteiger partial charge in [0.1, 0.15) is 11.1 Å². The minimum Gasteiger partial charge on any atom is -0.313 e. The van der Waals surface area contributed by atoms with Gasteiger partial charge in [-0.1, -0.05) is 12.1 Å². The maximum Gasteiger partial charge on any atom is 0.249 e. The first-order valence-corrected chi connectivity index (χ1v) is 7.43. The lowest BCUT2D eigenvalue weighted by atomic mass is 10.0. The summed E-state index contributed by atoms with van der Waals surface area (Å²) in [5.41, 5.74) is 5.09. The summed E-state index contributed by atoms with van der Waals surface area (Å²) in [5.74, 6) is -0.230. The first kappa shape index (κ1) is 15.0. The van der Waals surface area contributed by atoms with E-state index in [1.54, 1.807) is 17.5 Å². The standard InChI is InChI=1S/C17H16N2OS/c1-11-8-13(3)14(9-12(11)2)4-5-16(20)19-17-15(10-18)6-7-21-17/h4-9H,1-3H3,(H,19,20). The van der Waals surface area contributed by atoms with E-state index in [1.807, 2.05) is 13.0 Å². The molecule has 0 atom stereocenters. The Morgan fingerprint density at radius 2 is 1.95 bits per heavy atom. The SMILES string of the molecule is Cc1cc(C)c(C=CC(=O)Nc2sccc2C#N)cc1C. The second-order valence-corrected chi connectivity index (χ2v) is 5.81. The van der Waals surface area contributed by atoms with E-state index in [0.717, 1.165) is 11.1 Å². The number of nitriles is 1. The van der Waals surface area contributed by atoms with Crippen LogP contribution in [0.25, 0.3) is 6.08 Å². The number of hydrogen-bond donors (Lipinski definition) is 1. The zero-order valence-electron chi connectivity index (χ0n) is 12.2. The highest BCUT2D eigenvalue weighted by Crippen LogP contribution is 2.22. The van der Waals surface area contributed by atoms with Crippen molar-refractivity contribution in [2.75, 3.05) is 5.32 Å². The average Bonchev–Trinajstić information content (AvgIpc) is 2.88. The van der Waals surface area contributed by atoms with Crippen LogP contribution in [0.2, 0.25) is 0 Å². The maximum absolute atomic E-state index is 11.9. The molecule has 2 rings (SSSR count). The van der Waals surface area contributed by atoms with Crippen molar-refractivity contribution in [1.29, 1.82) is 5.26 Å². The number of hydrogen-bond acceptors (Lipinski definition) is 3. The summed E-state index contributed by atoms with van der Waals surface area (Å²) in [6, 6.07) is 7.92. The molecule has 1 aromatic heterocycles. The Labute approximate surface area is 128 Å². The summed E-state index contributed by atoms with van der Waals surface area (Å²) in [4.78, 5) is 11.9. The summed E-state index contributed by atoms with van der Waals surface area (Å²) in [7, 11) is 0. The molecule has 0 radical (unpaired) electrons. The Morgan fingerprint density at radius 3 is 2.67 bits per heavy atom. The highest BCUT2D eigenvalue weighted by atomic mass is 32.1. The van der Waals surface area contributed by atoms with Crippen molar-refractivity contribution in [3.63, 3.8) is 0 Å². The molecule has 0 bridgehead atoms. The van der Waals surface area contributed by atoms with Gasteiger partial charge in [0.15, 0.2) is 0 Å². The quantitative estimate of drug-likeness (QED) is 0.863. The van der Waals surface area contributed by atoms with Gasteiger partial charge in [-0.3, -0.25) is 4.79 Å². The topological polar surface area (TPSA) is 52.9 Å². The lowest BCUT2D eigenvalue weighted by Gasteiger charge is -2.06. The van der Waals surface area contributed by atoms with Crippen LogP contribution in [0.1, 0.15) is 27.8 Å². The summed E-state index contributed by atoms with van der Waals surface area (Å²) in [6.07, 6.45) is 3.30. The van der Waals surface area contributed by atoms with E-state index in [2.05, 4.69) is 31.3 Å². The van der Waals surface area contributed by atoms with Gasteiger partial charge in [0.2, 0.25) is 5.91 Å². The summed E-state index contributed by atoms with van der Waals surface area (Å²) < 4.78 is 0. The fourth-order valence-electron chi connectivity index (χ4n) is 1.98. The van der Waals surface area contributed by atoms with Crippen molar-refractivity contribution >= 4 is 28.3 Å². The molecule has 0 aliphatic carbocycles. The lowest BCUT2D eigenvalue weighted by Crippen LogP contribution is -2.07. The van der Waals surface area contributed by atoms with Crippen LogP contribution < -0.4 is 5.32 Å². The Hall–Kier alpha value is -2.38. The molecule has 0 unspecified atom stereocenters. The normalized spacial score (nSPS) is 10.6. The molecular weight excluding hydrogens is 280 g/mol. The highest BCUT2D eigenvalue weighted by molar-refractivity contribution is 7.14. The second kappa shape index (κ2) is 6.38. The van der Waals surface area contributed by atoms with Crippen molar-refractivity contribution in [2.45, 2.75) is 20.8 Å². The number of nitrogens with one attached hydrogen (secondary N) is 1. The fraction of sp³-hybridized carbons (Fsp3) is 0.176. The zero-order chi connectivity index (χ0) is 15.4. The molecule has 0 saturated carbocycles. The minimum absolute atomic E-state index is 0.230. The zero-order valence-corrected chi connectivity index (χ0v) is 13.0. The van der Waals surface area contributed by atoms with Crippen LogP contribution in [0.3, 0.4) is 0 Å². The van der Waals surface area contributed by atoms with Crippen molar-refractivity contribution in [2.24, 2.45) is 0 Å². The van der Waals surface area contributed by atoms with Gasteiger partial charge in [-0.15, -0.1) is 11.3 Å². The fourth-order valence-corrected chi connectivity index (χ4v) is 2.72. The van der Waals surface area contributed by atoms with E-state index in [1.165, 1.54) is 28.5 Å². The predicted octanol–water partition coefficient (Wildman–Crippen LogP) is 4.20. The van der Waals surface area contributed by atoms with Gasteiger partial charge in [-0.25, -0.2) is 0 Å². The number of carbonyl (C=O) groups excluding carboxylic acids is 1. The van der Waals surface area contributed by atoms with Crippen LogP contribution in [0.4, 0.5) is 5.00 Å². The number of anilines is 1. The van der Waals surface area contributed by atoms with Crippen LogP contribution in [-0.4, -0.2) is 5.91 Å². The molecule has 0 spiro atoms. The van der Waals surface area contributed by atoms with Gasteiger partial charge >= 0.3 is 0 Å². The van der Waals surface area contributed by atoms with Gasteiger partial charge in [0.25, 0.3) is 0 Å². The summed E-state index contributed by atoms with van der Waals surface area (Å²) >= 11 is 1.34. The van der Waals surface area contributed by atoms with E-state index < -0.39 is 0 Å². The monoisotopic (exact) mass is 296 g/mol. The minimum atomic E-state index is -0.230. The molecule has 21 heavy (non-hydrogen) atoms. The maximum atomic E-state index is 11.9. The van der Waals surface area contributed by atoms with Crippen molar-refractivity contribution in [3.05, 3.63) is 57.5 Å². The highest BCUT2D eigenvalue weighted by Gasteiger charge is 2.06. The molecule has 3 nitrogen and oxygen atoms in total. The molecule has 2 aromatic rings. The molecule has 1 heterocycles. The number of rotatable bonds is 3. The molecular formula is C17H16N2OS. The molecule has 106 valence electrons. The van der Waals surface area contributed by atoms with E-state index in [4.69, 9.17) is 5.26 Å². The second-order valence-electron chi connectivity index (χ2n) is 4.89. The number of aryl methyl sites for hydroxylation is 3. The van der Waals surface area contributed by atoms with Gasteiger partial charge in [0.05, 0.1) is 5.56 Å². The predicted molar refractivity (Wildman–Crippen MR) is 87.4 cm³/mol. The Kier molecular flexibility index (Phi) is 4.56. The third-order valence-corrected chi connectivity index (χ3v) is 4.15. The Balaban J connectivity index is 2.13. The molecule has 1 amide bonds. The van der Waals surface area contributed by atoms with Crippen LogP contribution in [-0.2, 0) is 4.79 Å². The first-order chi connectivity index (χ1) is 10.0. The summed E-state index contributed by atoms with van der Waals surface area (Å²) in [6.45, 7) is 6.15. The number of benzene rings is 1. The molecule has 4 heteroatoms. The Morgan fingerprint density at radius 1 is 1.24 bits per heavy atom. The van der Waals surface area contributed by atoms with E-state index >= 15 is 0 Å². The van der Waals surface area contributed by atoms with Crippen molar-refractivity contribution < 1.29 is 4.79 Å². The number of carbonyl (C=O) groups is 1. The number of nitrogens with zero attached hydrogens (tertiary/aromatic N) is 1. The smallest absolute Gasteiger partial charge is 0.249 e. The first-order valence-electron chi connectivity index (χ1n) is 6.55. The Bertz CT molecular complexity index is 751. The van der Waals surface area contributed by atoms with Gasteiger partial charge in [-0.05, 0) is 60.5 Å². The number of amides is 1. The average molecular weight is 296 g/mol. The number of thiophene rings is 1. The van der Waals surface area contributed by atoms with Crippen LogP contribution >= 0.6 is 11.3 Å². The van der Waals surface area contributed by atoms with Crippen LogP contribution in [0.5, 0.6) is 0 Å². The molecule has 0 aliphatic rings. The van der Waals surface area contributed by atoms with Crippen molar-refractivity contribution in [1.82, 2.24) is 0 Å². The molecule has 1 N–H and O–H groups in total.